The molecule has 9 rings (SSSR count). The van der Waals surface area contributed by atoms with Crippen molar-refractivity contribution in [1.29, 1.82) is 0 Å². The Balaban J connectivity index is 0.918. The van der Waals surface area contributed by atoms with Crippen molar-refractivity contribution in [2.75, 3.05) is 0 Å². The predicted octanol–water partition coefficient (Wildman–Crippen LogP) is 18.9. The fourth-order valence-electron chi connectivity index (χ4n) is 20.4. The van der Waals surface area contributed by atoms with Crippen LogP contribution in [0, 0.1) is 105 Å². The molecule has 8 aliphatic rings. The Morgan fingerprint density at radius 2 is 0.894 bits per heavy atom. The van der Waals surface area contributed by atoms with Crippen LogP contribution in [0.1, 0.15) is 234 Å². The third-order valence-corrected chi connectivity index (χ3v) is 24.4. The van der Waals surface area contributed by atoms with Gasteiger partial charge in [-0.25, -0.2) is 0 Å². The number of alkyl halides is 2. The Bertz CT molecular complexity index is 1660. The molecule has 1 aromatic rings. The van der Waals surface area contributed by atoms with Gasteiger partial charge in [0.05, 0.1) is 11.8 Å². The fraction of sp³-hybridized carbons (Fsp3) is 0.903. The fourth-order valence-corrected chi connectivity index (χ4v) is 20.8. The zero-order valence-corrected chi connectivity index (χ0v) is 45.9. The normalized spacial score (nSPS) is 43.8. The van der Waals surface area contributed by atoms with Crippen LogP contribution in [0.3, 0.4) is 0 Å². The third-order valence-electron chi connectivity index (χ3n) is 23.8. The molecule has 0 bridgehead atoms. The van der Waals surface area contributed by atoms with Crippen LogP contribution in [0.25, 0.3) is 0 Å². The van der Waals surface area contributed by atoms with E-state index in [2.05, 4.69) is 81.4 Å². The molecule has 0 saturated heterocycles. The van der Waals surface area contributed by atoms with Crippen LogP contribution in [0.15, 0.2) is 12.1 Å². The van der Waals surface area contributed by atoms with Crippen LogP contribution < -0.4 is 9.47 Å². The zero-order chi connectivity index (χ0) is 46.8. The smallest absolute Gasteiger partial charge is 0.124 e. The average Bonchev–Trinajstić information content (AvgIpc) is 3.83. The molecule has 0 amide bonds. The molecule has 8 fully saturated rings. The highest BCUT2D eigenvalue weighted by Gasteiger charge is 2.64. The maximum Gasteiger partial charge on any atom is 0.124 e. The second-order valence-electron chi connectivity index (χ2n) is 27.5. The Morgan fingerprint density at radius 3 is 1.27 bits per heavy atom. The monoisotopic (exact) mass is 947 g/mol. The van der Waals surface area contributed by atoms with Crippen LogP contribution in [0.5, 0.6) is 11.5 Å². The molecule has 8 saturated carbocycles. The first-order valence-corrected chi connectivity index (χ1v) is 30.3. The molecule has 2 nitrogen and oxygen atoms in total. The van der Waals surface area contributed by atoms with Crippen molar-refractivity contribution in [3.63, 3.8) is 0 Å². The summed E-state index contributed by atoms with van der Waals surface area (Å²) in [4.78, 5) is 0. The second-order valence-corrected chi connectivity index (χ2v) is 28.0. The van der Waals surface area contributed by atoms with Gasteiger partial charge in [-0.1, -0.05) is 108 Å². The van der Waals surface area contributed by atoms with Gasteiger partial charge in [0.25, 0.3) is 0 Å². The topological polar surface area (TPSA) is 18.5 Å². The number of ether oxygens (including phenoxy) is 2. The molecule has 0 heterocycles. The van der Waals surface area contributed by atoms with Gasteiger partial charge in [0.1, 0.15) is 23.7 Å². The van der Waals surface area contributed by atoms with Gasteiger partial charge in [0.15, 0.2) is 0 Å². The Hall–Kier alpha value is -0.600. The van der Waals surface area contributed by atoms with Crippen LogP contribution in [-0.4, -0.2) is 12.2 Å². The minimum atomic E-state index is 0.202. The second kappa shape index (κ2) is 20.1. The van der Waals surface area contributed by atoms with E-state index in [0.29, 0.717) is 22.6 Å². The average molecular weight is 948 g/mol. The number of hydrogen-bond acceptors (Lipinski definition) is 2. The van der Waals surface area contributed by atoms with Crippen molar-refractivity contribution >= 4 is 23.2 Å². The van der Waals surface area contributed by atoms with Gasteiger partial charge in [0.2, 0.25) is 0 Å². The van der Waals surface area contributed by atoms with E-state index in [0.717, 1.165) is 118 Å². The molecule has 0 radical (unpaired) electrons. The summed E-state index contributed by atoms with van der Waals surface area (Å²) in [6.45, 7) is 25.7. The molecule has 0 aromatic heterocycles. The van der Waals surface area contributed by atoms with Gasteiger partial charge in [0, 0.05) is 22.0 Å². The van der Waals surface area contributed by atoms with E-state index in [-0.39, 0.29) is 23.0 Å². The van der Waals surface area contributed by atoms with E-state index in [9.17, 15) is 0 Å². The lowest BCUT2D eigenvalue weighted by Crippen LogP contribution is -2.59. The number of halogens is 2. The van der Waals surface area contributed by atoms with Gasteiger partial charge in [-0.2, -0.15) is 0 Å². The lowest BCUT2D eigenvalue weighted by atomic mass is 9.44. The summed E-state index contributed by atoms with van der Waals surface area (Å²) in [6.07, 6.45) is 33.6. The first kappa shape index (κ1) is 50.3. The molecule has 374 valence electrons. The summed E-state index contributed by atoms with van der Waals surface area (Å²) < 4.78 is 15.1. The minimum absolute atomic E-state index is 0.202. The molecular weight excluding hydrogens is 848 g/mol. The standard InChI is InChI=1S/C62H100Cl2O2/c1-39(2)15-11-17-41(5)49-27-29-51-47-25-23-45-19-13-21-57(61(45,9)53(47)31-33-59(49,51)7)65-55-35-44(38-64)56(36-43(55)37-63)66-58-22-14-20-46-24-26-48-52-30-28-50(42(6)18-12-16-40(3)4)60(52,8)34-32-54(48)62(46,58)10/h35-36,39-42,45-54,57-58H,11-34,37-38H2,1-10H3/t41-,42-,45?,46?,47+,48+,49-,50-,51+,52+,53+,54+,57?,58?,59-,60-,61+,62+/m1/s1. The summed E-state index contributed by atoms with van der Waals surface area (Å²) in [7, 11) is 0. The summed E-state index contributed by atoms with van der Waals surface area (Å²) in [5, 5.41) is 0. The summed E-state index contributed by atoms with van der Waals surface area (Å²) in [6, 6.07) is 4.60. The molecule has 0 N–H and O–H groups in total. The van der Waals surface area contributed by atoms with Crippen LogP contribution in [0.2, 0.25) is 0 Å². The quantitative estimate of drug-likeness (QED) is 0.154. The number of benzene rings is 1. The molecule has 0 spiro atoms. The van der Waals surface area contributed by atoms with Crippen molar-refractivity contribution in [3.05, 3.63) is 23.3 Å². The summed E-state index contributed by atoms with van der Waals surface area (Å²) in [5.74, 6) is 14.5. The molecule has 8 aliphatic carbocycles. The first-order chi connectivity index (χ1) is 31.6. The Morgan fingerprint density at radius 1 is 0.485 bits per heavy atom. The largest absolute Gasteiger partial charge is 0.489 e. The first-order valence-electron chi connectivity index (χ1n) is 29.2. The lowest BCUT2D eigenvalue weighted by molar-refractivity contribution is -0.158. The van der Waals surface area contributed by atoms with Gasteiger partial charge in [-0.05, 0) is 221 Å². The molecular formula is C62H100Cl2O2. The predicted molar refractivity (Wildman–Crippen MR) is 281 cm³/mol. The Labute approximate surface area is 417 Å². The van der Waals surface area contributed by atoms with Crippen molar-refractivity contribution in [3.8, 4) is 11.5 Å². The van der Waals surface area contributed by atoms with Gasteiger partial charge < -0.3 is 9.47 Å². The van der Waals surface area contributed by atoms with E-state index >= 15 is 0 Å². The molecule has 4 unspecified atom stereocenters. The molecule has 66 heavy (non-hydrogen) atoms. The van der Waals surface area contributed by atoms with Crippen molar-refractivity contribution in [2.45, 2.75) is 247 Å². The maximum absolute atomic E-state index is 7.53. The number of rotatable bonds is 16. The molecule has 4 heteroatoms. The van der Waals surface area contributed by atoms with E-state index in [1.54, 1.807) is 0 Å². The SMILES string of the molecule is CC(C)CCC[C@@H](C)[C@H]1CC[C@H]2[C@@H]3CCC4CCCC(Oc5cc(CCl)c(OC6CCCC7CC[C@@H]8[C@H](CC[C@]9(C)[C@@H]([C@H](C)CCCC(C)C)CC[C@@H]89)[C@]76C)cc5CCl)[C@]4(C)[C@H]3CC[C@]12C. The van der Waals surface area contributed by atoms with Crippen LogP contribution in [0.4, 0.5) is 0 Å². The lowest BCUT2D eigenvalue weighted by Gasteiger charge is -2.62. The van der Waals surface area contributed by atoms with E-state index in [4.69, 9.17) is 32.7 Å². The molecule has 1 aromatic carbocycles. The van der Waals surface area contributed by atoms with Gasteiger partial charge in [-0.3, -0.25) is 0 Å². The number of hydrogen-bond donors (Lipinski definition) is 0. The highest BCUT2D eigenvalue weighted by molar-refractivity contribution is 6.18. The van der Waals surface area contributed by atoms with Crippen molar-refractivity contribution < 1.29 is 9.47 Å². The third kappa shape index (κ3) is 8.81. The minimum Gasteiger partial charge on any atom is -0.489 e. The van der Waals surface area contributed by atoms with Gasteiger partial charge >= 0.3 is 0 Å². The maximum atomic E-state index is 7.53. The summed E-state index contributed by atoms with van der Waals surface area (Å²) >= 11 is 14.0. The van der Waals surface area contributed by atoms with E-state index < -0.39 is 0 Å². The Kier molecular flexibility index (Phi) is 15.4. The zero-order valence-electron chi connectivity index (χ0n) is 44.3. The van der Waals surface area contributed by atoms with E-state index in [1.165, 1.54) is 141 Å². The van der Waals surface area contributed by atoms with Crippen LogP contribution in [-0.2, 0) is 11.8 Å². The highest BCUT2D eigenvalue weighted by atomic mass is 35.5. The highest BCUT2D eigenvalue weighted by Crippen LogP contribution is 2.71. The van der Waals surface area contributed by atoms with Crippen molar-refractivity contribution in [2.24, 2.45) is 105 Å². The van der Waals surface area contributed by atoms with Crippen molar-refractivity contribution in [1.82, 2.24) is 0 Å². The summed E-state index contributed by atoms with van der Waals surface area (Å²) in [5.41, 5.74) is 3.64. The van der Waals surface area contributed by atoms with Crippen LogP contribution >= 0.6 is 23.2 Å². The molecule has 0 aliphatic heterocycles. The van der Waals surface area contributed by atoms with Gasteiger partial charge in [-0.15, -0.1) is 23.2 Å². The van der Waals surface area contributed by atoms with E-state index in [1.807, 2.05) is 0 Å². The number of fused-ring (bicyclic) bond motifs is 10. The molecule has 18 atom stereocenters.